The van der Waals surface area contributed by atoms with Gasteiger partial charge in [0, 0.05) is 11.8 Å². The van der Waals surface area contributed by atoms with Crippen LogP contribution in [0, 0.1) is 6.92 Å². The second-order valence-corrected chi connectivity index (χ2v) is 5.86. The van der Waals surface area contributed by atoms with Crippen molar-refractivity contribution in [3.8, 4) is 23.0 Å². The molecule has 2 heterocycles. The number of nitrogens with zero attached hydrogens (tertiary/aromatic N) is 1. The molecule has 26 heavy (non-hydrogen) atoms. The number of ether oxygens (including phenoxy) is 4. The van der Waals surface area contributed by atoms with Crippen molar-refractivity contribution >= 4 is 11.1 Å². The fourth-order valence-corrected chi connectivity index (χ4v) is 3.18. The maximum absolute atomic E-state index is 5.46. The SMILES string of the molecule is C=C(c1cc(OC)c(OC)c(OC)c1)c1ccn2c(C)c(OC)ccc12. The monoisotopic (exact) mass is 353 g/mol. The highest BCUT2D eigenvalue weighted by Gasteiger charge is 2.17. The van der Waals surface area contributed by atoms with Gasteiger partial charge in [-0.2, -0.15) is 0 Å². The summed E-state index contributed by atoms with van der Waals surface area (Å²) < 4.78 is 23.8. The first-order chi connectivity index (χ1) is 12.5. The number of pyridine rings is 1. The second kappa shape index (κ2) is 7.04. The van der Waals surface area contributed by atoms with Gasteiger partial charge in [-0.15, -0.1) is 0 Å². The topological polar surface area (TPSA) is 41.3 Å². The Balaban J connectivity index is 2.13. The third-order valence-corrected chi connectivity index (χ3v) is 4.59. The van der Waals surface area contributed by atoms with E-state index < -0.39 is 0 Å². The number of benzene rings is 1. The van der Waals surface area contributed by atoms with Gasteiger partial charge in [-0.3, -0.25) is 0 Å². The van der Waals surface area contributed by atoms with E-state index in [0.717, 1.165) is 33.7 Å². The van der Waals surface area contributed by atoms with Gasteiger partial charge in [0.15, 0.2) is 11.5 Å². The molecule has 0 bridgehead atoms. The fourth-order valence-electron chi connectivity index (χ4n) is 3.18. The molecule has 0 amide bonds. The zero-order chi connectivity index (χ0) is 18.8. The van der Waals surface area contributed by atoms with E-state index >= 15 is 0 Å². The molecule has 0 radical (unpaired) electrons. The van der Waals surface area contributed by atoms with Crippen molar-refractivity contribution in [1.29, 1.82) is 0 Å². The molecule has 0 N–H and O–H groups in total. The maximum Gasteiger partial charge on any atom is 0.203 e. The molecule has 3 aromatic rings. The first-order valence-electron chi connectivity index (χ1n) is 8.20. The van der Waals surface area contributed by atoms with Crippen molar-refractivity contribution in [3.05, 3.63) is 59.9 Å². The van der Waals surface area contributed by atoms with Crippen LogP contribution in [0.5, 0.6) is 23.0 Å². The number of aryl methyl sites for hydroxylation is 1. The van der Waals surface area contributed by atoms with Crippen LogP contribution in [0.25, 0.3) is 11.1 Å². The molecule has 0 aliphatic heterocycles. The molecule has 3 rings (SSSR count). The highest BCUT2D eigenvalue weighted by atomic mass is 16.5. The largest absolute Gasteiger partial charge is 0.495 e. The van der Waals surface area contributed by atoms with Crippen LogP contribution in [-0.4, -0.2) is 32.8 Å². The summed E-state index contributed by atoms with van der Waals surface area (Å²) in [6.07, 6.45) is 2.02. The fraction of sp³-hybridized carbons (Fsp3) is 0.238. The molecule has 0 saturated carbocycles. The molecule has 0 fully saturated rings. The van der Waals surface area contributed by atoms with Crippen molar-refractivity contribution in [2.75, 3.05) is 28.4 Å². The number of hydrogen-bond donors (Lipinski definition) is 0. The van der Waals surface area contributed by atoms with Crippen LogP contribution in [0.3, 0.4) is 0 Å². The molecule has 0 saturated heterocycles. The van der Waals surface area contributed by atoms with Crippen LogP contribution >= 0.6 is 0 Å². The van der Waals surface area contributed by atoms with Gasteiger partial charge in [0.1, 0.15) is 5.75 Å². The van der Waals surface area contributed by atoms with Gasteiger partial charge in [-0.05, 0) is 48.4 Å². The van der Waals surface area contributed by atoms with Crippen molar-refractivity contribution in [2.45, 2.75) is 6.92 Å². The Morgan fingerprint density at radius 2 is 1.46 bits per heavy atom. The van der Waals surface area contributed by atoms with Gasteiger partial charge in [-0.25, -0.2) is 0 Å². The Morgan fingerprint density at radius 1 is 0.846 bits per heavy atom. The Kier molecular flexibility index (Phi) is 4.80. The summed E-state index contributed by atoms with van der Waals surface area (Å²) in [6, 6.07) is 9.86. The van der Waals surface area contributed by atoms with E-state index in [-0.39, 0.29) is 0 Å². The highest BCUT2D eigenvalue weighted by molar-refractivity contribution is 5.88. The van der Waals surface area contributed by atoms with Crippen molar-refractivity contribution in [2.24, 2.45) is 0 Å². The number of hydrogen-bond acceptors (Lipinski definition) is 4. The molecule has 5 nitrogen and oxygen atoms in total. The predicted molar refractivity (Wildman–Crippen MR) is 103 cm³/mol. The third-order valence-electron chi connectivity index (χ3n) is 4.59. The van der Waals surface area contributed by atoms with Gasteiger partial charge in [0.05, 0.1) is 39.6 Å². The minimum absolute atomic E-state index is 0.564. The summed E-state index contributed by atoms with van der Waals surface area (Å²) in [5.41, 5.74) is 4.90. The van der Waals surface area contributed by atoms with E-state index in [1.807, 2.05) is 43.5 Å². The molecule has 0 aliphatic carbocycles. The van der Waals surface area contributed by atoms with Gasteiger partial charge < -0.3 is 23.3 Å². The molecule has 0 aliphatic rings. The summed E-state index contributed by atoms with van der Waals surface area (Å²) in [7, 11) is 6.47. The van der Waals surface area contributed by atoms with Crippen molar-refractivity contribution < 1.29 is 18.9 Å². The van der Waals surface area contributed by atoms with Crippen molar-refractivity contribution in [3.63, 3.8) is 0 Å². The molecule has 5 heteroatoms. The molecule has 0 unspecified atom stereocenters. The third kappa shape index (κ3) is 2.75. The van der Waals surface area contributed by atoms with Crippen LogP contribution in [0.15, 0.2) is 43.1 Å². The van der Waals surface area contributed by atoms with Gasteiger partial charge in [0.2, 0.25) is 5.75 Å². The molecular formula is C21H23NO4. The Morgan fingerprint density at radius 3 is 2.00 bits per heavy atom. The van der Waals surface area contributed by atoms with E-state index in [2.05, 4.69) is 11.0 Å². The van der Waals surface area contributed by atoms with E-state index in [4.69, 9.17) is 18.9 Å². The minimum Gasteiger partial charge on any atom is -0.495 e. The molecular weight excluding hydrogens is 330 g/mol. The number of rotatable bonds is 6. The zero-order valence-corrected chi connectivity index (χ0v) is 15.8. The molecule has 0 atom stereocenters. The van der Waals surface area contributed by atoms with Crippen LogP contribution in [0.2, 0.25) is 0 Å². The lowest BCUT2D eigenvalue weighted by Crippen LogP contribution is -1.98. The molecule has 1 aromatic carbocycles. The zero-order valence-electron chi connectivity index (χ0n) is 15.8. The van der Waals surface area contributed by atoms with E-state index in [1.165, 1.54) is 0 Å². The Bertz CT molecular complexity index is 947. The minimum atomic E-state index is 0.564. The van der Waals surface area contributed by atoms with Crippen LogP contribution < -0.4 is 18.9 Å². The number of aromatic nitrogens is 1. The lowest BCUT2D eigenvalue weighted by molar-refractivity contribution is 0.324. The molecule has 2 aromatic heterocycles. The van der Waals surface area contributed by atoms with E-state index in [1.54, 1.807) is 28.4 Å². The Labute approximate surface area is 153 Å². The summed E-state index contributed by atoms with van der Waals surface area (Å²) >= 11 is 0. The average molecular weight is 353 g/mol. The molecule has 136 valence electrons. The van der Waals surface area contributed by atoms with Crippen molar-refractivity contribution in [1.82, 2.24) is 4.40 Å². The first kappa shape index (κ1) is 17.7. The summed E-state index contributed by atoms with van der Waals surface area (Å²) in [5, 5.41) is 0. The number of fused-ring (bicyclic) bond motifs is 1. The summed E-state index contributed by atoms with van der Waals surface area (Å²) in [4.78, 5) is 0. The van der Waals surface area contributed by atoms with Crippen LogP contribution in [0.4, 0.5) is 0 Å². The van der Waals surface area contributed by atoms with Gasteiger partial charge in [-0.1, -0.05) is 6.58 Å². The lowest BCUT2D eigenvalue weighted by atomic mass is 9.99. The van der Waals surface area contributed by atoms with Crippen LogP contribution in [0.1, 0.15) is 16.8 Å². The second-order valence-electron chi connectivity index (χ2n) is 5.86. The van der Waals surface area contributed by atoms with E-state index in [0.29, 0.717) is 17.2 Å². The molecule has 0 spiro atoms. The van der Waals surface area contributed by atoms with Gasteiger partial charge >= 0.3 is 0 Å². The highest BCUT2D eigenvalue weighted by Crippen LogP contribution is 2.41. The lowest BCUT2D eigenvalue weighted by Gasteiger charge is -2.15. The van der Waals surface area contributed by atoms with Crippen LogP contribution in [-0.2, 0) is 0 Å². The number of methoxy groups -OCH3 is 4. The standard InChI is InChI=1S/C21H23NO4/c1-13(15-11-19(24-4)21(26-6)20(12-15)25-5)16-9-10-22-14(2)18(23-3)8-7-17(16)22/h7-12H,1H2,2-6H3. The smallest absolute Gasteiger partial charge is 0.203 e. The normalized spacial score (nSPS) is 10.7. The predicted octanol–water partition coefficient (Wildman–Crippen LogP) is 4.34. The average Bonchev–Trinajstić information content (AvgIpc) is 3.11. The Hall–Kier alpha value is -3.08. The van der Waals surface area contributed by atoms with E-state index in [9.17, 15) is 0 Å². The van der Waals surface area contributed by atoms with Gasteiger partial charge in [0.25, 0.3) is 0 Å². The summed E-state index contributed by atoms with van der Waals surface area (Å²) in [6.45, 7) is 6.33. The maximum atomic E-state index is 5.46. The quantitative estimate of drug-likeness (QED) is 0.661. The first-order valence-corrected chi connectivity index (χ1v) is 8.20. The summed E-state index contributed by atoms with van der Waals surface area (Å²) in [5.74, 6) is 2.61.